The summed E-state index contributed by atoms with van der Waals surface area (Å²) in [4.78, 5) is 2.38. The van der Waals surface area contributed by atoms with Crippen LogP contribution in [0.15, 0.2) is 23.1 Å². The molecular weight excluding hydrogens is 587 g/mol. The lowest BCUT2D eigenvalue weighted by atomic mass is 10.0. The highest BCUT2D eigenvalue weighted by molar-refractivity contribution is 7.99. The van der Waals surface area contributed by atoms with E-state index in [4.69, 9.17) is 5.10 Å². The molecule has 13 heteroatoms. The Balaban J connectivity index is 1.42. The molecule has 3 heterocycles. The molecule has 1 aromatic heterocycles. The van der Waals surface area contributed by atoms with E-state index < -0.39 is 27.9 Å². The molecule has 234 valence electrons. The molecule has 2 N–H and O–H groups in total. The standard InChI is InChI=1S/C29H42F3N5O3S2/c1-42(39,40)36-15-11-26-24(20-36)28(34-37(26)19-23(38)18-35-13-5-2-6-14-35)21-9-10-25(29(30,31)32)27(17-21)41-16-12-33-22-7-3-4-8-22/h9-10,17,22-23,33,38H,2-8,11-16,18-20H2,1H3. The number of hydrogen-bond donors (Lipinski definition) is 2. The Kier molecular flexibility index (Phi) is 10.3. The largest absolute Gasteiger partial charge is 0.417 e. The van der Waals surface area contributed by atoms with Gasteiger partial charge in [-0.15, -0.1) is 11.8 Å². The van der Waals surface area contributed by atoms with E-state index in [9.17, 15) is 26.7 Å². The second-order valence-corrected chi connectivity index (χ2v) is 14.9. The van der Waals surface area contributed by atoms with Gasteiger partial charge in [0.05, 0.1) is 30.2 Å². The quantitative estimate of drug-likeness (QED) is 0.282. The number of aliphatic hydroxyl groups is 1. The molecule has 0 radical (unpaired) electrons. The van der Waals surface area contributed by atoms with Crippen molar-refractivity contribution in [3.63, 3.8) is 0 Å². The summed E-state index contributed by atoms with van der Waals surface area (Å²) in [6.07, 6.45) is 4.44. The van der Waals surface area contributed by atoms with Crippen LogP contribution in [-0.2, 0) is 35.7 Å². The van der Waals surface area contributed by atoms with E-state index in [0.29, 0.717) is 54.7 Å². The number of likely N-dealkylation sites (tertiary alicyclic amines) is 1. The van der Waals surface area contributed by atoms with E-state index in [-0.39, 0.29) is 18.0 Å². The molecule has 1 aromatic carbocycles. The van der Waals surface area contributed by atoms with Crippen molar-refractivity contribution >= 4 is 21.8 Å². The summed E-state index contributed by atoms with van der Waals surface area (Å²) in [5.41, 5.74) is 1.83. The first-order valence-electron chi connectivity index (χ1n) is 15.0. The zero-order valence-corrected chi connectivity index (χ0v) is 25.8. The van der Waals surface area contributed by atoms with Crippen LogP contribution in [0.25, 0.3) is 11.3 Å². The van der Waals surface area contributed by atoms with Crippen LogP contribution in [0.1, 0.15) is 61.8 Å². The highest BCUT2D eigenvalue weighted by Crippen LogP contribution is 2.40. The maximum atomic E-state index is 14.0. The maximum Gasteiger partial charge on any atom is 0.417 e. The lowest BCUT2D eigenvalue weighted by molar-refractivity contribution is -0.139. The Morgan fingerprint density at radius 2 is 1.83 bits per heavy atom. The molecule has 1 saturated carbocycles. The number of benzene rings is 1. The van der Waals surface area contributed by atoms with E-state index in [2.05, 4.69) is 10.2 Å². The van der Waals surface area contributed by atoms with E-state index >= 15 is 0 Å². The highest BCUT2D eigenvalue weighted by atomic mass is 32.2. The van der Waals surface area contributed by atoms with Crippen molar-refractivity contribution in [1.82, 2.24) is 24.3 Å². The smallest absolute Gasteiger partial charge is 0.390 e. The van der Waals surface area contributed by atoms with Crippen LogP contribution in [0.3, 0.4) is 0 Å². The Labute approximate surface area is 251 Å². The molecule has 1 saturated heterocycles. The third kappa shape index (κ3) is 7.89. The second kappa shape index (κ2) is 13.6. The molecular formula is C29H42F3N5O3S2. The fourth-order valence-electron chi connectivity index (χ4n) is 6.41. The van der Waals surface area contributed by atoms with E-state index in [0.717, 1.165) is 56.8 Å². The molecule has 8 nitrogen and oxygen atoms in total. The molecule has 2 aliphatic heterocycles. The summed E-state index contributed by atoms with van der Waals surface area (Å²) in [6, 6.07) is 4.52. The first-order chi connectivity index (χ1) is 20.0. The van der Waals surface area contributed by atoms with E-state index in [1.54, 1.807) is 10.7 Å². The number of nitrogens with one attached hydrogen (secondary N) is 1. The van der Waals surface area contributed by atoms with Gasteiger partial charge in [-0.05, 0) is 50.9 Å². The number of aliphatic hydroxyl groups excluding tert-OH is 1. The van der Waals surface area contributed by atoms with Crippen LogP contribution < -0.4 is 5.32 Å². The summed E-state index contributed by atoms with van der Waals surface area (Å²) < 4.78 is 69.9. The van der Waals surface area contributed by atoms with Crippen molar-refractivity contribution in [2.75, 3.05) is 44.7 Å². The van der Waals surface area contributed by atoms with Gasteiger partial charge in [0, 0.05) is 66.1 Å². The number of piperidine rings is 1. The zero-order chi connectivity index (χ0) is 29.9. The molecule has 0 amide bonds. The number of nitrogens with zero attached hydrogens (tertiary/aromatic N) is 4. The fraction of sp³-hybridized carbons (Fsp3) is 0.690. The summed E-state index contributed by atoms with van der Waals surface area (Å²) in [6.45, 7) is 3.68. The molecule has 2 aromatic rings. The van der Waals surface area contributed by atoms with Crippen LogP contribution in [0.2, 0.25) is 0 Å². The molecule has 0 spiro atoms. The summed E-state index contributed by atoms with van der Waals surface area (Å²) in [5.74, 6) is 0.500. The maximum absolute atomic E-state index is 14.0. The van der Waals surface area contributed by atoms with Crippen molar-refractivity contribution in [1.29, 1.82) is 0 Å². The van der Waals surface area contributed by atoms with Crippen molar-refractivity contribution in [3.05, 3.63) is 35.0 Å². The van der Waals surface area contributed by atoms with Crippen molar-refractivity contribution < 1.29 is 26.7 Å². The predicted octanol–water partition coefficient (Wildman–Crippen LogP) is 4.36. The lowest BCUT2D eigenvalue weighted by Gasteiger charge is -2.29. The van der Waals surface area contributed by atoms with Gasteiger partial charge in [0.15, 0.2) is 0 Å². The van der Waals surface area contributed by atoms with Crippen LogP contribution >= 0.6 is 11.8 Å². The second-order valence-electron chi connectivity index (χ2n) is 11.8. The van der Waals surface area contributed by atoms with Crippen LogP contribution in [0, 0.1) is 0 Å². The third-order valence-corrected chi connectivity index (χ3v) is 10.9. The molecule has 5 rings (SSSR count). The first kappa shape index (κ1) is 31.8. The number of sulfonamides is 1. The number of fused-ring (bicyclic) bond motifs is 1. The summed E-state index contributed by atoms with van der Waals surface area (Å²) >= 11 is 1.18. The highest BCUT2D eigenvalue weighted by Gasteiger charge is 2.35. The van der Waals surface area contributed by atoms with Crippen LogP contribution in [0.4, 0.5) is 13.2 Å². The number of aromatic nitrogens is 2. The van der Waals surface area contributed by atoms with Gasteiger partial charge in [0.1, 0.15) is 0 Å². The molecule has 1 aliphatic carbocycles. The van der Waals surface area contributed by atoms with Gasteiger partial charge in [-0.1, -0.05) is 25.3 Å². The average molecular weight is 630 g/mol. The number of halogens is 3. The Morgan fingerprint density at radius 3 is 2.52 bits per heavy atom. The van der Waals surface area contributed by atoms with Gasteiger partial charge >= 0.3 is 6.18 Å². The monoisotopic (exact) mass is 629 g/mol. The topological polar surface area (TPSA) is 90.7 Å². The normalized spacial score (nSPS) is 20.2. The molecule has 1 unspecified atom stereocenters. The minimum Gasteiger partial charge on any atom is -0.390 e. The van der Waals surface area contributed by atoms with Crippen molar-refractivity contribution in [2.24, 2.45) is 0 Å². The van der Waals surface area contributed by atoms with Crippen molar-refractivity contribution in [3.8, 4) is 11.3 Å². The van der Waals surface area contributed by atoms with Gasteiger partial charge in [-0.25, -0.2) is 8.42 Å². The zero-order valence-electron chi connectivity index (χ0n) is 24.2. The Hall–Kier alpha value is -1.64. The summed E-state index contributed by atoms with van der Waals surface area (Å²) in [7, 11) is -3.48. The predicted molar refractivity (Wildman–Crippen MR) is 159 cm³/mol. The number of alkyl halides is 3. The molecule has 42 heavy (non-hydrogen) atoms. The number of thioether (sulfide) groups is 1. The first-order valence-corrected chi connectivity index (χ1v) is 17.8. The van der Waals surface area contributed by atoms with Gasteiger partial charge < -0.3 is 15.3 Å². The van der Waals surface area contributed by atoms with Crippen LogP contribution in [0.5, 0.6) is 0 Å². The third-order valence-electron chi connectivity index (χ3n) is 8.58. The van der Waals surface area contributed by atoms with E-state index in [1.807, 2.05) is 0 Å². The lowest BCUT2D eigenvalue weighted by Crippen LogP contribution is -2.39. The number of hydrogen-bond acceptors (Lipinski definition) is 7. The summed E-state index contributed by atoms with van der Waals surface area (Å²) in [5, 5.41) is 19.2. The molecule has 2 fully saturated rings. The van der Waals surface area contributed by atoms with Crippen molar-refractivity contribution in [2.45, 2.75) is 87.7 Å². The van der Waals surface area contributed by atoms with Gasteiger partial charge in [0.2, 0.25) is 10.0 Å². The average Bonchev–Trinajstić information content (AvgIpc) is 3.58. The van der Waals surface area contributed by atoms with Gasteiger partial charge in [-0.3, -0.25) is 4.68 Å². The Bertz CT molecular complexity index is 1320. The molecule has 3 aliphatic rings. The molecule has 1 atom stereocenters. The Morgan fingerprint density at radius 1 is 1.10 bits per heavy atom. The van der Waals surface area contributed by atoms with E-state index in [1.165, 1.54) is 41.4 Å². The fourth-order valence-corrected chi connectivity index (χ4v) is 8.18. The minimum absolute atomic E-state index is 0.0977. The minimum atomic E-state index is -4.50. The number of rotatable bonds is 11. The SMILES string of the molecule is CS(=O)(=O)N1CCc2c(c(-c3ccc(C(F)(F)F)c(SCCNC4CCCC4)c3)nn2CC(O)CN2CCCCC2)C1. The van der Waals surface area contributed by atoms with Gasteiger partial charge in [0.25, 0.3) is 0 Å². The number of β-amino-alcohol motifs (C(OH)–C–C–N with tert-alkyl or cyclic N) is 1. The van der Waals surface area contributed by atoms with Crippen LogP contribution in [-0.4, -0.2) is 89.4 Å². The van der Waals surface area contributed by atoms with Gasteiger partial charge in [-0.2, -0.15) is 22.6 Å². The molecule has 0 bridgehead atoms.